The minimum Gasteiger partial charge on any atom is -0.465 e. The molecule has 7 heteroatoms. The van der Waals surface area contributed by atoms with Gasteiger partial charge in [0.2, 0.25) is 11.9 Å². The van der Waals surface area contributed by atoms with E-state index in [1.165, 1.54) is 7.11 Å². The maximum absolute atomic E-state index is 13.1. The van der Waals surface area contributed by atoms with Crippen molar-refractivity contribution in [1.29, 1.82) is 0 Å². The van der Waals surface area contributed by atoms with Gasteiger partial charge in [-0.1, -0.05) is 0 Å². The number of methoxy groups -OCH3 is 1. The van der Waals surface area contributed by atoms with Crippen LogP contribution in [0, 0.1) is 5.92 Å². The minimum absolute atomic E-state index is 0.0104. The molecule has 140 valence electrons. The van der Waals surface area contributed by atoms with Gasteiger partial charge in [0.25, 0.3) is 0 Å². The van der Waals surface area contributed by atoms with Crippen LogP contribution >= 0.6 is 0 Å². The summed E-state index contributed by atoms with van der Waals surface area (Å²) in [6.07, 6.45) is 5.83. The van der Waals surface area contributed by atoms with Crippen molar-refractivity contribution in [3.8, 4) is 0 Å². The van der Waals surface area contributed by atoms with Gasteiger partial charge in [0, 0.05) is 43.6 Å². The van der Waals surface area contributed by atoms with Crippen LogP contribution < -0.4 is 9.80 Å². The normalized spacial score (nSPS) is 16.9. The lowest BCUT2D eigenvalue weighted by atomic mass is 9.95. The second-order valence-corrected chi connectivity index (χ2v) is 6.89. The molecule has 3 heterocycles. The van der Waals surface area contributed by atoms with E-state index in [2.05, 4.69) is 14.9 Å². The highest BCUT2D eigenvalue weighted by atomic mass is 16.5. The number of benzene rings is 1. The summed E-state index contributed by atoms with van der Waals surface area (Å²) in [5.74, 6) is 0.563. The van der Waals surface area contributed by atoms with Crippen molar-refractivity contribution in [1.82, 2.24) is 9.97 Å². The Morgan fingerprint density at radius 1 is 1.11 bits per heavy atom. The number of piperidine rings is 1. The third-order valence-electron chi connectivity index (χ3n) is 5.34. The summed E-state index contributed by atoms with van der Waals surface area (Å²) < 4.78 is 4.78. The largest absolute Gasteiger partial charge is 0.465 e. The molecule has 1 saturated heterocycles. The van der Waals surface area contributed by atoms with Crippen LogP contribution in [0.3, 0.4) is 0 Å². The quantitative estimate of drug-likeness (QED) is 0.774. The predicted octanol–water partition coefficient (Wildman–Crippen LogP) is 2.07. The molecule has 2 aliphatic rings. The summed E-state index contributed by atoms with van der Waals surface area (Å²) in [7, 11) is 1.37. The summed E-state index contributed by atoms with van der Waals surface area (Å²) in [6, 6.07) is 7.23. The number of amides is 1. The molecule has 0 N–H and O–H groups in total. The van der Waals surface area contributed by atoms with Crippen LogP contribution in [0.2, 0.25) is 0 Å². The van der Waals surface area contributed by atoms with Crippen LogP contribution in [0.1, 0.15) is 28.8 Å². The molecule has 4 rings (SSSR count). The van der Waals surface area contributed by atoms with Gasteiger partial charge >= 0.3 is 5.97 Å². The zero-order chi connectivity index (χ0) is 18.8. The molecule has 27 heavy (non-hydrogen) atoms. The highest BCUT2D eigenvalue weighted by Crippen LogP contribution is 2.32. The maximum atomic E-state index is 13.1. The number of nitrogens with zero attached hydrogens (tertiary/aromatic N) is 4. The van der Waals surface area contributed by atoms with Crippen molar-refractivity contribution in [2.24, 2.45) is 5.92 Å². The Morgan fingerprint density at radius 2 is 1.85 bits per heavy atom. The summed E-state index contributed by atoms with van der Waals surface area (Å²) in [5.41, 5.74) is 2.48. The van der Waals surface area contributed by atoms with Crippen LogP contribution in [0.15, 0.2) is 36.7 Å². The zero-order valence-corrected chi connectivity index (χ0v) is 15.3. The van der Waals surface area contributed by atoms with Crippen molar-refractivity contribution in [2.45, 2.75) is 19.3 Å². The van der Waals surface area contributed by atoms with E-state index < -0.39 is 0 Å². The first-order valence-corrected chi connectivity index (χ1v) is 9.22. The average Bonchev–Trinajstić information content (AvgIpc) is 3.16. The van der Waals surface area contributed by atoms with Gasteiger partial charge in [0.1, 0.15) is 0 Å². The molecule has 2 aliphatic heterocycles. The Kier molecular flexibility index (Phi) is 4.75. The van der Waals surface area contributed by atoms with Crippen molar-refractivity contribution in [3.63, 3.8) is 0 Å². The van der Waals surface area contributed by atoms with Gasteiger partial charge in [-0.2, -0.15) is 0 Å². The lowest BCUT2D eigenvalue weighted by Crippen LogP contribution is -2.42. The molecule has 1 aromatic carbocycles. The molecule has 1 aromatic heterocycles. The third kappa shape index (κ3) is 3.37. The number of esters is 1. The first-order valence-electron chi connectivity index (χ1n) is 9.22. The monoisotopic (exact) mass is 366 g/mol. The van der Waals surface area contributed by atoms with Crippen LogP contribution in [0.4, 0.5) is 11.6 Å². The number of ether oxygens (including phenoxy) is 1. The molecule has 1 amide bonds. The molecule has 0 spiro atoms. The molecular formula is C20H22N4O3. The number of aromatic nitrogens is 2. The van der Waals surface area contributed by atoms with Gasteiger partial charge in [-0.25, -0.2) is 14.8 Å². The van der Waals surface area contributed by atoms with Gasteiger partial charge < -0.3 is 14.5 Å². The number of hydrogen-bond donors (Lipinski definition) is 0. The van der Waals surface area contributed by atoms with Gasteiger partial charge in [0.15, 0.2) is 0 Å². The predicted molar refractivity (Wildman–Crippen MR) is 101 cm³/mol. The summed E-state index contributed by atoms with van der Waals surface area (Å²) in [4.78, 5) is 37.4. The van der Waals surface area contributed by atoms with Gasteiger partial charge in [-0.15, -0.1) is 0 Å². The summed E-state index contributed by atoms with van der Waals surface area (Å²) >= 11 is 0. The number of carbonyl (C=O) groups is 2. The molecule has 0 atom stereocenters. The molecule has 0 radical (unpaired) electrons. The van der Waals surface area contributed by atoms with Gasteiger partial charge in [0.05, 0.1) is 12.7 Å². The second kappa shape index (κ2) is 7.34. The Bertz CT molecular complexity index is 848. The fourth-order valence-corrected chi connectivity index (χ4v) is 3.88. The van der Waals surface area contributed by atoms with E-state index in [1.807, 2.05) is 17.0 Å². The Balaban J connectivity index is 1.43. The topological polar surface area (TPSA) is 75.6 Å². The molecule has 7 nitrogen and oxygen atoms in total. The number of hydrogen-bond acceptors (Lipinski definition) is 6. The molecule has 1 fully saturated rings. The van der Waals surface area contributed by atoms with E-state index in [4.69, 9.17) is 4.74 Å². The number of rotatable bonds is 3. The first-order chi connectivity index (χ1) is 13.2. The first kappa shape index (κ1) is 17.5. The summed E-state index contributed by atoms with van der Waals surface area (Å²) in [5, 5.41) is 0. The zero-order valence-electron chi connectivity index (χ0n) is 15.3. The lowest BCUT2D eigenvalue weighted by Gasteiger charge is -2.33. The third-order valence-corrected chi connectivity index (χ3v) is 5.34. The van der Waals surface area contributed by atoms with Crippen molar-refractivity contribution >= 4 is 23.5 Å². The molecular weight excluding hydrogens is 344 g/mol. The molecule has 2 aromatic rings. The highest BCUT2D eigenvalue weighted by molar-refractivity contribution is 5.98. The lowest BCUT2D eigenvalue weighted by molar-refractivity contribution is -0.122. The molecule has 0 saturated carbocycles. The Labute approximate surface area is 158 Å². The van der Waals surface area contributed by atoms with Crippen LogP contribution in [-0.2, 0) is 16.0 Å². The van der Waals surface area contributed by atoms with Gasteiger partial charge in [-0.05, 0) is 49.1 Å². The fraction of sp³-hybridized carbons (Fsp3) is 0.400. The summed E-state index contributed by atoms with van der Waals surface area (Å²) in [6.45, 7) is 2.23. The van der Waals surface area contributed by atoms with E-state index in [0.717, 1.165) is 49.6 Å². The van der Waals surface area contributed by atoms with E-state index in [9.17, 15) is 9.59 Å². The molecule has 0 unspecified atom stereocenters. The SMILES string of the molecule is COC(=O)c1ccc2c(c1)CCN2C(=O)C1CCN(c2ncccn2)CC1. The number of anilines is 2. The fourth-order valence-electron chi connectivity index (χ4n) is 3.88. The van der Waals surface area contributed by atoms with Crippen LogP contribution in [-0.4, -0.2) is 48.6 Å². The smallest absolute Gasteiger partial charge is 0.337 e. The van der Waals surface area contributed by atoms with E-state index in [-0.39, 0.29) is 17.8 Å². The Hall–Kier alpha value is -2.96. The Morgan fingerprint density at radius 3 is 2.56 bits per heavy atom. The van der Waals surface area contributed by atoms with Crippen molar-refractivity contribution in [3.05, 3.63) is 47.8 Å². The van der Waals surface area contributed by atoms with Crippen molar-refractivity contribution in [2.75, 3.05) is 36.5 Å². The van der Waals surface area contributed by atoms with Gasteiger partial charge in [-0.3, -0.25) is 4.79 Å². The van der Waals surface area contributed by atoms with E-state index >= 15 is 0 Å². The maximum Gasteiger partial charge on any atom is 0.337 e. The van der Waals surface area contributed by atoms with Crippen LogP contribution in [0.5, 0.6) is 0 Å². The van der Waals surface area contributed by atoms with Crippen LogP contribution in [0.25, 0.3) is 0 Å². The molecule has 0 aliphatic carbocycles. The number of carbonyl (C=O) groups excluding carboxylic acids is 2. The second-order valence-electron chi connectivity index (χ2n) is 6.89. The van der Waals surface area contributed by atoms with E-state index in [1.54, 1.807) is 24.5 Å². The molecule has 0 bridgehead atoms. The standard InChI is InChI=1S/C20H22N4O3/c1-27-19(26)16-3-4-17-15(13-16)7-12-24(17)18(25)14-5-10-23(11-6-14)20-21-8-2-9-22-20/h2-4,8-9,13-14H,5-7,10-12H2,1H3. The van der Waals surface area contributed by atoms with E-state index in [0.29, 0.717) is 12.1 Å². The highest BCUT2D eigenvalue weighted by Gasteiger charge is 2.33. The number of fused-ring (bicyclic) bond motifs is 1. The average molecular weight is 366 g/mol. The minimum atomic E-state index is -0.349. The van der Waals surface area contributed by atoms with Crippen molar-refractivity contribution < 1.29 is 14.3 Å².